The highest BCUT2D eigenvalue weighted by Gasteiger charge is 2.45. The molecule has 2 unspecified atom stereocenters. The topological polar surface area (TPSA) is 136 Å². The van der Waals surface area contributed by atoms with Gasteiger partial charge < -0.3 is 14.5 Å². The van der Waals surface area contributed by atoms with Crippen LogP contribution >= 0.6 is 11.6 Å². The number of nitrogens with one attached hydrogen (secondary N) is 1. The van der Waals surface area contributed by atoms with Crippen LogP contribution in [0.4, 0.5) is 17.3 Å². The summed E-state index contributed by atoms with van der Waals surface area (Å²) in [6, 6.07) is 20.4. The van der Waals surface area contributed by atoms with Gasteiger partial charge in [0, 0.05) is 93.7 Å². The molecule has 4 aromatic rings. The van der Waals surface area contributed by atoms with Gasteiger partial charge in [-0.15, -0.1) is 0 Å². The Morgan fingerprint density at radius 1 is 0.852 bits per heavy atom. The molecule has 61 heavy (non-hydrogen) atoms. The Bertz CT molecular complexity index is 2420. The molecular weight excluding hydrogens is 794 g/mol. The van der Waals surface area contributed by atoms with Gasteiger partial charge in [0.2, 0.25) is 17.8 Å². The van der Waals surface area contributed by atoms with E-state index in [9.17, 15) is 19.2 Å². The number of carbonyl (C=O) groups excluding carboxylic acids is 4. The van der Waals surface area contributed by atoms with Crippen LogP contribution in [0.1, 0.15) is 70.6 Å². The minimum atomic E-state index is -0.966. The molecule has 0 radical (unpaired) electrons. The van der Waals surface area contributed by atoms with Gasteiger partial charge in [-0.25, -0.2) is 14.8 Å². The first-order valence-electron chi connectivity index (χ1n) is 21.0. The first-order valence-corrected chi connectivity index (χ1v) is 21.4. The number of halogens is 1. The lowest BCUT2D eigenvalue weighted by atomic mass is 9.78. The first-order chi connectivity index (χ1) is 29.4. The highest BCUT2D eigenvalue weighted by Crippen LogP contribution is 2.37. The van der Waals surface area contributed by atoms with Crippen molar-refractivity contribution in [2.75, 3.05) is 68.7 Å². The van der Waals surface area contributed by atoms with Crippen molar-refractivity contribution in [2.45, 2.75) is 57.2 Å². The molecule has 6 heterocycles. The van der Waals surface area contributed by atoms with Gasteiger partial charge in [-0.2, -0.15) is 0 Å². The standard InChI is InChI=1S/C46H48ClN9O5/c1-46(2,31-20-32(47)22-34(21-31)48-3)30-4-7-37(8-5-30)61-28-33-12-14-49-45(50-33)54-18-16-53(17-19-54)36-26-52(27-36)24-29-13-15-55(25-29)35-6-9-38-39(23-35)44(60)56(43(38)59)40-10-11-41(57)51-42(40)58/h4-9,12,14,20-23,29,36,40H,10-11,13,15-19,24-28H2,1-2H3,(H,51,57,58). The number of aromatic nitrogens is 2. The van der Waals surface area contributed by atoms with Crippen LogP contribution in [0.15, 0.2) is 72.9 Å². The van der Waals surface area contributed by atoms with E-state index in [0.29, 0.717) is 40.4 Å². The number of likely N-dealkylation sites (tertiary alicyclic amines) is 1. The highest BCUT2D eigenvalue weighted by molar-refractivity contribution is 6.31. The predicted molar refractivity (Wildman–Crippen MR) is 230 cm³/mol. The van der Waals surface area contributed by atoms with E-state index in [1.54, 1.807) is 24.4 Å². The summed E-state index contributed by atoms with van der Waals surface area (Å²) in [7, 11) is 0. The minimum absolute atomic E-state index is 0.0977. The van der Waals surface area contributed by atoms with Gasteiger partial charge in [0.25, 0.3) is 11.8 Å². The Balaban J connectivity index is 0.714. The third kappa shape index (κ3) is 8.17. The number of anilines is 2. The summed E-state index contributed by atoms with van der Waals surface area (Å²) in [5.74, 6) is 0.0396. The first kappa shape index (κ1) is 40.5. The minimum Gasteiger partial charge on any atom is -0.487 e. The van der Waals surface area contributed by atoms with Gasteiger partial charge in [0.1, 0.15) is 18.4 Å². The number of piperazine rings is 1. The second-order valence-corrected chi connectivity index (χ2v) is 17.7. The number of imide groups is 2. The summed E-state index contributed by atoms with van der Waals surface area (Å²) in [5.41, 5.74) is 4.61. The van der Waals surface area contributed by atoms with Gasteiger partial charge in [-0.05, 0) is 78.4 Å². The van der Waals surface area contributed by atoms with Crippen molar-refractivity contribution in [3.8, 4) is 5.75 Å². The van der Waals surface area contributed by atoms with Crippen LogP contribution in [-0.4, -0.2) is 119 Å². The third-order valence-corrected chi connectivity index (χ3v) is 13.3. The molecule has 15 heteroatoms. The quantitative estimate of drug-likeness (QED) is 0.155. The third-order valence-electron chi connectivity index (χ3n) is 13.0. The van der Waals surface area contributed by atoms with E-state index in [4.69, 9.17) is 27.9 Å². The van der Waals surface area contributed by atoms with Crippen molar-refractivity contribution in [3.05, 3.63) is 117 Å². The van der Waals surface area contributed by atoms with E-state index in [2.05, 4.69) is 60.7 Å². The van der Waals surface area contributed by atoms with E-state index in [-0.39, 0.29) is 24.2 Å². The number of piperidine rings is 1. The molecule has 9 rings (SSSR count). The van der Waals surface area contributed by atoms with E-state index >= 15 is 0 Å². The molecule has 0 bridgehead atoms. The number of rotatable bonds is 11. The fraction of sp³-hybridized carbons (Fsp3) is 0.413. The number of benzene rings is 3. The molecule has 0 aliphatic carbocycles. The molecule has 0 saturated carbocycles. The van der Waals surface area contributed by atoms with Crippen molar-refractivity contribution in [3.63, 3.8) is 0 Å². The summed E-state index contributed by atoms with van der Waals surface area (Å²) in [4.78, 5) is 74.3. The molecule has 14 nitrogen and oxygen atoms in total. The Labute approximate surface area is 360 Å². The number of hydrogen-bond donors (Lipinski definition) is 1. The largest absolute Gasteiger partial charge is 0.487 e. The number of hydrogen-bond acceptors (Lipinski definition) is 11. The Morgan fingerprint density at radius 2 is 1.62 bits per heavy atom. The number of ether oxygens (including phenoxy) is 1. The molecule has 5 aliphatic heterocycles. The van der Waals surface area contributed by atoms with Crippen molar-refractivity contribution < 1.29 is 23.9 Å². The zero-order valence-electron chi connectivity index (χ0n) is 34.3. The van der Waals surface area contributed by atoms with Gasteiger partial charge in [0.05, 0.1) is 23.4 Å². The van der Waals surface area contributed by atoms with Crippen LogP contribution in [0.3, 0.4) is 0 Å². The monoisotopic (exact) mass is 841 g/mol. The lowest BCUT2D eigenvalue weighted by Gasteiger charge is -2.48. The average Bonchev–Trinajstić information content (AvgIpc) is 3.82. The van der Waals surface area contributed by atoms with E-state index < -0.39 is 23.8 Å². The van der Waals surface area contributed by atoms with Crippen LogP contribution < -0.4 is 19.9 Å². The molecule has 5 aliphatic rings. The van der Waals surface area contributed by atoms with E-state index in [0.717, 1.165) is 104 Å². The van der Waals surface area contributed by atoms with Crippen molar-refractivity contribution in [1.82, 2.24) is 30.0 Å². The Hall–Kier alpha value is -5.88. The zero-order chi connectivity index (χ0) is 42.4. The highest BCUT2D eigenvalue weighted by atomic mass is 35.5. The summed E-state index contributed by atoms with van der Waals surface area (Å²) < 4.78 is 6.14. The summed E-state index contributed by atoms with van der Waals surface area (Å²) in [5, 5.41) is 2.81. The lowest BCUT2D eigenvalue weighted by Crippen LogP contribution is -2.63. The summed E-state index contributed by atoms with van der Waals surface area (Å²) >= 11 is 6.31. The van der Waals surface area contributed by atoms with Gasteiger partial charge in [-0.1, -0.05) is 43.6 Å². The number of fused-ring (bicyclic) bond motifs is 1. The van der Waals surface area contributed by atoms with Gasteiger partial charge in [0.15, 0.2) is 5.69 Å². The Morgan fingerprint density at radius 3 is 2.38 bits per heavy atom. The van der Waals surface area contributed by atoms with Crippen molar-refractivity contribution in [2.24, 2.45) is 5.92 Å². The fourth-order valence-electron chi connectivity index (χ4n) is 9.36. The van der Waals surface area contributed by atoms with Crippen molar-refractivity contribution >= 4 is 52.6 Å². The van der Waals surface area contributed by atoms with Crippen molar-refractivity contribution in [1.29, 1.82) is 0 Å². The lowest BCUT2D eigenvalue weighted by molar-refractivity contribution is -0.136. The predicted octanol–water partition coefficient (Wildman–Crippen LogP) is 5.32. The average molecular weight is 842 g/mol. The molecule has 4 saturated heterocycles. The van der Waals surface area contributed by atoms with Gasteiger partial charge in [-0.3, -0.25) is 39.2 Å². The summed E-state index contributed by atoms with van der Waals surface area (Å²) in [6.07, 6.45) is 3.10. The number of amides is 4. The molecule has 3 aromatic carbocycles. The SMILES string of the molecule is [C-]#[N+]c1cc(Cl)cc(C(C)(C)c2ccc(OCc3ccnc(N4CCN(C5CN(CC6CCN(c7ccc8c(c7)C(=O)N(C7CCC(=O)NC7=O)C8=O)C6)C5)CC4)n3)cc2)c1. The molecule has 4 fully saturated rings. The van der Waals surface area contributed by atoms with E-state index in [1.807, 2.05) is 36.4 Å². The molecule has 314 valence electrons. The van der Waals surface area contributed by atoms with Crippen LogP contribution in [0, 0.1) is 12.5 Å². The molecule has 4 amide bonds. The second kappa shape index (κ2) is 16.5. The van der Waals surface area contributed by atoms with Crippen LogP contribution in [0.5, 0.6) is 5.75 Å². The molecule has 1 N–H and O–H groups in total. The fourth-order valence-corrected chi connectivity index (χ4v) is 9.58. The van der Waals surface area contributed by atoms with Crippen LogP contribution in [-0.2, 0) is 21.6 Å². The number of nitrogens with zero attached hydrogens (tertiary/aromatic N) is 8. The normalized spacial score (nSPS) is 21.4. The molecule has 1 aromatic heterocycles. The van der Waals surface area contributed by atoms with Crippen LogP contribution in [0.2, 0.25) is 5.02 Å². The van der Waals surface area contributed by atoms with Gasteiger partial charge >= 0.3 is 0 Å². The molecule has 0 spiro atoms. The smallest absolute Gasteiger partial charge is 0.262 e. The number of carbonyl (C=O) groups is 4. The zero-order valence-corrected chi connectivity index (χ0v) is 35.1. The second-order valence-electron chi connectivity index (χ2n) is 17.3. The Kier molecular flexibility index (Phi) is 11.0. The van der Waals surface area contributed by atoms with Crippen LogP contribution in [0.25, 0.3) is 4.85 Å². The maximum absolute atomic E-state index is 13.4. The summed E-state index contributed by atoms with van der Waals surface area (Å²) in [6.45, 7) is 20.5. The molecule has 2 atom stereocenters. The van der Waals surface area contributed by atoms with E-state index in [1.165, 1.54) is 0 Å². The molecular formula is C46H48ClN9O5. The maximum atomic E-state index is 13.4. The maximum Gasteiger partial charge on any atom is 0.262 e.